The fraction of sp³-hybridized carbons (Fsp3) is 0.333. The molecule has 0 aliphatic heterocycles. The van der Waals surface area contributed by atoms with Crippen LogP contribution in [0.3, 0.4) is 0 Å². The molecule has 5 nitrogen and oxygen atoms in total. The lowest BCUT2D eigenvalue weighted by molar-refractivity contribution is -0.116. The summed E-state index contributed by atoms with van der Waals surface area (Å²) in [5.41, 5.74) is 1.49. The van der Waals surface area contributed by atoms with Crippen LogP contribution in [0.2, 0.25) is 0 Å². The number of hydrogen-bond acceptors (Lipinski definition) is 4. The minimum atomic E-state index is -0.228. The van der Waals surface area contributed by atoms with Crippen molar-refractivity contribution in [3.63, 3.8) is 0 Å². The van der Waals surface area contributed by atoms with Crippen LogP contribution in [0.4, 0.5) is 11.4 Å². The van der Waals surface area contributed by atoms with Gasteiger partial charge >= 0.3 is 0 Å². The van der Waals surface area contributed by atoms with E-state index in [0.717, 1.165) is 28.4 Å². The van der Waals surface area contributed by atoms with Crippen LogP contribution < -0.4 is 15.4 Å². The summed E-state index contributed by atoms with van der Waals surface area (Å²) in [6, 6.07) is 14.9. The van der Waals surface area contributed by atoms with Crippen LogP contribution in [-0.4, -0.2) is 24.2 Å². The van der Waals surface area contributed by atoms with Gasteiger partial charge in [-0.25, -0.2) is 0 Å². The molecular formula is C21H26N2O3S. The lowest BCUT2D eigenvalue weighted by Crippen LogP contribution is -2.24. The van der Waals surface area contributed by atoms with E-state index in [1.807, 2.05) is 62.4 Å². The lowest BCUT2D eigenvalue weighted by Gasteiger charge is -2.15. The molecule has 0 aliphatic rings. The Bertz CT molecular complexity index is 762. The number of carbonyl (C=O) groups is 2. The van der Waals surface area contributed by atoms with E-state index in [4.69, 9.17) is 4.74 Å². The molecule has 27 heavy (non-hydrogen) atoms. The maximum absolute atomic E-state index is 12.6. The number of amides is 2. The zero-order valence-corrected chi connectivity index (χ0v) is 16.8. The third-order valence-electron chi connectivity index (χ3n) is 3.89. The van der Waals surface area contributed by atoms with Gasteiger partial charge in [0.25, 0.3) is 0 Å². The molecule has 0 heterocycles. The van der Waals surface area contributed by atoms with E-state index in [-0.39, 0.29) is 17.1 Å². The SMILES string of the molecule is CCCC(=O)Nc1cccc(SC(CC)C(=O)Nc2ccc(OC)cc2)c1. The molecule has 2 N–H and O–H groups in total. The smallest absolute Gasteiger partial charge is 0.237 e. The molecule has 0 saturated heterocycles. The highest BCUT2D eigenvalue weighted by Crippen LogP contribution is 2.29. The average molecular weight is 387 g/mol. The number of hydrogen-bond donors (Lipinski definition) is 2. The zero-order valence-electron chi connectivity index (χ0n) is 16.0. The van der Waals surface area contributed by atoms with Gasteiger partial charge in [-0.2, -0.15) is 0 Å². The first-order valence-electron chi connectivity index (χ1n) is 9.07. The van der Waals surface area contributed by atoms with Crippen LogP contribution in [0.1, 0.15) is 33.1 Å². The Morgan fingerprint density at radius 2 is 1.78 bits per heavy atom. The van der Waals surface area contributed by atoms with Gasteiger partial charge in [-0.15, -0.1) is 11.8 Å². The minimum absolute atomic E-state index is 0.00365. The Labute approximate surface area is 164 Å². The summed E-state index contributed by atoms with van der Waals surface area (Å²) in [5.74, 6) is 0.702. The Balaban J connectivity index is 2.00. The van der Waals surface area contributed by atoms with Crippen LogP contribution in [-0.2, 0) is 9.59 Å². The van der Waals surface area contributed by atoms with Crippen molar-refractivity contribution in [1.82, 2.24) is 0 Å². The maximum Gasteiger partial charge on any atom is 0.237 e. The number of nitrogens with one attached hydrogen (secondary N) is 2. The van der Waals surface area contributed by atoms with E-state index < -0.39 is 0 Å². The third-order valence-corrected chi connectivity index (χ3v) is 5.25. The normalized spacial score (nSPS) is 11.5. The van der Waals surface area contributed by atoms with E-state index in [0.29, 0.717) is 12.8 Å². The standard InChI is InChI=1S/C21H26N2O3S/c1-4-7-20(24)22-16-8-6-9-18(14-16)27-19(5-2)21(25)23-15-10-12-17(26-3)13-11-15/h6,8-14,19H,4-5,7H2,1-3H3,(H,22,24)(H,23,25). The van der Waals surface area contributed by atoms with Crippen molar-refractivity contribution in [2.24, 2.45) is 0 Å². The van der Waals surface area contributed by atoms with Gasteiger partial charge in [0.05, 0.1) is 12.4 Å². The van der Waals surface area contributed by atoms with Gasteiger partial charge in [-0.3, -0.25) is 9.59 Å². The topological polar surface area (TPSA) is 67.4 Å². The molecule has 0 aliphatic carbocycles. The first kappa shape index (κ1) is 20.8. The summed E-state index contributed by atoms with van der Waals surface area (Å²) in [6.45, 7) is 3.96. The van der Waals surface area contributed by atoms with Crippen LogP contribution in [0.25, 0.3) is 0 Å². The molecule has 1 atom stereocenters. The molecule has 2 aromatic carbocycles. The highest BCUT2D eigenvalue weighted by Gasteiger charge is 2.18. The zero-order chi connectivity index (χ0) is 19.6. The van der Waals surface area contributed by atoms with Crippen molar-refractivity contribution in [2.45, 2.75) is 43.3 Å². The molecule has 2 amide bonds. The van der Waals surface area contributed by atoms with E-state index in [1.165, 1.54) is 11.8 Å². The van der Waals surface area contributed by atoms with Crippen LogP contribution in [0.15, 0.2) is 53.4 Å². The van der Waals surface area contributed by atoms with E-state index in [2.05, 4.69) is 10.6 Å². The average Bonchev–Trinajstić information content (AvgIpc) is 2.67. The maximum atomic E-state index is 12.6. The number of thioether (sulfide) groups is 1. The van der Waals surface area contributed by atoms with Gasteiger partial charge in [0.15, 0.2) is 0 Å². The third kappa shape index (κ3) is 6.64. The first-order chi connectivity index (χ1) is 13.0. The van der Waals surface area contributed by atoms with Crippen molar-refractivity contribution < 1.29 is 14.3 Å². The minimum Gasteiger partial charge on any atom is -0.497 e. The predicted molar refractivity (Wildman–Crippen MR) is 112 cm³/mol. The molecule has 0 fully saturated rings. The fourth-order valence-electron chi connectivity index (χ4n) is 2.48. The molecule has 2 aromatic rings. The van der Waals surface area contributed by atoms with Gasteiger partial charge in [-0.05, 0) is 55.3 Å². The Morgan fingerprint density at radius 1 is 1.04 bits per heavy atom. The molecule has 1 unspecified atom stereocenters. The number of methoxy groups -OCH3 is 1. The number of carbonyl (C=O) groups excluding carboxylic acids is 2. The highest BCUT2D eigenvalue weighted by molar-refractivity contribution is 8.00. The number of benzene rings is 2. The first-order valence-corrected chi connectivity index (χ1v) is 9.95. The van der Waals surface area contributed by atoms with Gasteiger partial charge < -0.3 is 15.4 Å². The molecule has 0 spiro atoms. The molecule has 0 saturated carbocycles. The van der Waals surface area contributed by atoms with Gasteiger partial charge in [0, 0.05) is 22.7 Å². The van der Waals surface area contributed by atoms with Crippen LogP contribution >= 0.6 is 11.8 Å². The number of anilines is 2. The second-order valence-corrected chi connectivity index (χ2v) is 7.33. The van der Waals surface area contributed by atoms with Gasteiger partial charge in [-0.1, -0.05) is 19.9 Å². The lowest BCUT2D eigenvalue weighted by atomic mass is 10.2. The fourth-order valence-corrected chi connectivity index (χ4v) is 3.49. The Hall–Kier alpha value is -2.47. The summed E-state index contributed by atoms with van der Waals surface area (Å²) in [7, 11) is 1.61. The molecule has 0 bridgehead atoms. The number of ether oxygens (including phenoxy) is 1. The van der Waals surface area contributed by atoms with E-state index >= 15 is 0 Å². The van der Waals surface area contributed by atoms with Gasteiger partial charge in [0.2, 0.25) is 11.8 Å². The van der Waals surface area contributed by atoms with Gasteiger partial charge in [0.1, 0.15) is 5.75 Å². The predicted octanol–water partition coefficient (Wildman–Crippen LogP) is 4.94. The monoisotopic (exact) mass is 386 g/mol. The van der Waals surface area contributed by atoms with Crippen molar-refractivity contribution in [1.29, 1.82) is 0 Å². The second kappa shape index (κ2) is 10.6. The van der Waals surface area contributed by atoms with Crippen molar-refractivity contribution in [3.05, 3.63) is 48.5 Å². The number of rotatable bonds is 9. The van der Waals surface area contributed by atoms with E-state index in [9.17, 15) is 9.59 Å². The van der Waals surface area contributed by atoms with E-state index in [1.54, 1.807) is 7.11 Å². The summed E-state index contributed by atoms with van der Waals surface area (Å²) in [4.78, 5) is 25.3. The van der Waals surface area contributed by atoms with Crippen LogP contribution in [0, 0.1) is 0 Å². The van der Waals surface area contributed by atoms with Crippen LogP contribution in [0.5, 0.6) is 5.75 Å². The molecule has 0 radical (unpaired) electrons. The molecule has 0 aromatic heterocycles. The highest BCUT2D eigenvalue weighted by atomic mass is 32.2. The largest absolute Gasteiger partial charge is 0.497 e. The van der Waals surface area contributed by atoms with Crippen molar-refractivity contribution in [2.75, 3.05) is 17.7 Å². The summed E-state index contributed by atoms with van der Waals surface area (Å²) in [6.07, 6.45) is 2.00. The van der Waals surface area contributed by atoms with Crippen molar-refractivity contribution >= 4 is 35.0 Å². The second-order valence-electron chi connectivity index (χ2n) is 6.06. The van der Waals surface area contributed by atoms with Crippen molar-refractivity contribution in [3.8, 4) is 5.75 Å². The quantitative estimate of drug-likeness (QED) is 0.599. The summed E-state index contributed by atoms with van der Waals surface area (Å²) in [5, 5.41) is 5.60. The Morgan fingerprint density at radius 3 is 2.41 bits per heavy atom. The summed E-state index contributed by atoms with van der Waals surface area (Å²) < 4.78 is 5.13. The molecular weight excluding hydrogens is 360 g/mol. The molecule has 2 rings (SSSR count). The molecule has 6 heteroatoms. The molecule has 144 valence electrons. The Kier molecular flexibility index (Phi) is 8.20. The summed E-state index contributed by atoms with van der Waals surface area (Å²) >= 11 is 1.49.